The number of hydrogen-bond donors (Lipinski definition) is 3. The summed E-state index contributed by atoms with van der Waals surface area (Å²) < 4.78 is 19.9. The molecule has 0 aromatic carbocycles. The molecular weight excluding hydrogens is 361 g/mol. The Labute approximate surface area is 113 Å². The Hall–Kier alpha value is -0.780. The number of aromatic amines is 1. The molecule has 18 heavy (non-hydrogen) atoms. The van der Waals surface area contributed by atoms with Crippen LogP contribution < -0.4 is 11.2 Å². The number of aromatic nitrogens is 2. The van der Waals surface area contributed by atoms with Crippen molar-refractivity contribution in [2.75, 3.05) is 6.61 Å². The van der Waals surface area contributed by atoms with Crippen LogP contribution in [0.15, 0.2) is 15.8 Å². The van der Waals surface area contributed by atoms with Gasteiger partial charge in [-0.2, -0.15) is 0 Å². The second-order valence-electron chi connectivity index (χ2n) is 3.83. The molecule has 100 valence electrons. The fourth-order valence-corrected chi connectivity index (χ4v) is 2.16. The lowest BCUT2D eigenvalue weighted by Crippen LogP contribution is -2.37. The quantitative estimate of drug-likeness (QED) is 0.563. The van der Waals surface area contributed by atoms with Crippen LogP contribution in [0.25, 0.3) is 0 Å². The zero-order valence-corrected chi connectivity index (χ0v) is 11.1. The van der Waals surface area contributed by atoms with E-state index in [-0.39, 0.29) is 3.57 Å². The molecular formula is C9H10FIN2O5. The molecule has 1 aromatic heterocycles. The third-order valence-electron chi connectivity index (χ3n) is 2.67. The highest BCUT2D eigenvalue weighted by molar-refractivity contribution is 14.1. The first-order chi connectivity index (χ1) is 8.45. The maximum atomic E-state index is 13.8. The standard InChI is InChI=1S/C9H10FIN2O5/c10-5-6(15)4(2-14)18-8(5)13-1-3(11)7(16)12-9(13)17/h1,4-6,8,14-15H,2H2,(H,12,16,17)/t4-,5+,6-,8-/m1/s1/i10-1. The molecule has 1 aliphatic heterocycles. The van der Waals surface area contributed by atoms with Crippen molar-refractivity contribution in [1.29, 1.82) is 0 Å². The number of ether oxygens (including phenoxy) is 1. The number of nitrogens with one attached hydrogen (secondary N) is 1. The zero-order valence-electron chi connectivity index (χ0n) is 8.92. The molecule has 0 radical (unpaired) electrons. The summed E-state index contributed by atoms with van der Waals surface area (Å²) in [4.78, 5) is 24.7. The number of hydrogen-bond acceptors (Lipinski definition) is 5. The van der Waals surface area contributed by atoms with Crippen molar-refractivity contribution in [3.63, 3.8) is 0 Å². The van der Waals surface area contributed by atoms with Gasteiger partial charge in [0.1, 0.15) is 12.2 Å². The van der Waals surface area contributed by atoms with Crippen LogP contribution in [-0.4, -0.2) is 44.8 Å². The maximum Gasteiger partial charge on any atom is 0.330 e. The lowest BCUT2D eigenvalue weighted by molar-refractivity contribution is -0.0492. The van der Waals surface area contributed by atoms with E-state index in [4.69, 9.17) is 9.84 Å². The van der Waals surface area contributed by atoms with Gasteiger partial charge in [-0.05, 0) is 22.6 Å². The van der Waals surface area contributed by atoms with Crippen molar-refractivity contribution >= 4 is 22.6 Å². The van der Waals surface area contributed by atoms with Crippen LogP contribution in [-0.2, 0) is 4.74 Å². The third kappa shape index (κ3) is 2.22. The van der Waals surface area contributed by atoms with Gasteiger partial charge < -0.3 is 14.9 Å². The molecule has 0 spiro atoms. The molecule has 0 aliphatic carbocycles. The molecule has 0 bridgehead atoms. The van der Waals surface area contributed by atoms with E-state index in [1.54, 1.807) is 22.6 Å². The smallest absolute Gasteiger partial charge is 0.330 e. The van der Waals surface area contributed by atoms with Crippen molar-refractivity contribution < 1.29 is 19.3 Å². The molecule has 7 nitrogen and oxygen atoms in total. The Kier molecular flexibility index (Phi) is 3.84. The predicted octanol–water partition coefficient (Wildman–Crippen LogP) is -1.27. The second-order valence-corrected chi connectivity index (χ2v) is 4.99. The zero-order chi connectivity index (χ0) is 13.4. The van der Waals surface area contributed by atoms with E-state index in [2.05, 4.69) is 0 Å². The Morgan fingerprint density at radius 1 is 1.56 bits per heavy atom. The first kappa shape index (κ1) is 13.6. The Bertz CT molecular complexity index is 559. The van der Waals surface area contributed by atoms with Crippen LogP contribution in [0, 0.1) is 3.57 Å². The highest BCUT2D eigenvalue weighted by Gasteiger charge is 2.45. The lowest BCUT2D eigenvalue weighted by atomic mass is 10.1. The lowest BCUT2D eigenvalue weighted by Gasteiger charge is -2.15. The van der Waals surface area contributed by atoms with Gasteiger partial charge in [0.05, 0.1) is 10.2 Å². The van der Waals surface area contributed by atoms with E-state index in [0.717, 1.165) is 10.8 Å². The van der Waals surface area contributed by atoms with Crippen LogP contribution in [0.5, 0.6) is 0 Å². The molecule has 2 heterocycles. The van der Waals surface area contributed by atoms with Crippen molar-refractivity contribution in [2.24, 2.45) is 0 Å². The highest BCUT2D eigenvalue weighted by Crippen LogP contribution is 2.30. The SMILES string of the molecule is O=c1[nH]c(=O)n([C@@H]2O[C@H](CO)[C@@H](O)[C@@H]2[18F])cc1I. The van der Waals surface area contributed by atoms with Crippen LogP contribution in [0.3, 0.4) is 0 Å². The van der Waals surface area contributed by atoms with Crippen molar-refractivity contribution in [2.45, 2.75) is 24.6 Å². The van der Waals surface area contributed by atoms with Gasteiger partial charge in [-0.15, -0.1) is 0 Å². The largest absolute Gasteiger partial charge is 0.394 e. The molecule has 4 atom stereocenters. The third-order valence-corrected chi connectivity index (χ3v) is 3.44. The summed E-state index contributed by atoms with van der Waals surface area (Å²) >= 11 is 1.69. The summed E-state index contributed by atoms with van der Waals surface area (Å²) in [5, 5.41) is 18.3. The Morgan fingerprint density at radius 2 is 2.22 bits per heavy atom. The number of rotatable bonds is 2. The summed E-state index contributed by atoms with van der Waals surface area (Å²) in [6.45, 7) is -0.562. The number of H-pyrrole nitrogens is 1. The number of alkyl halides is 1. The maximum absolute atomic E-state index is 13.8. The van der Waals surface area contributed by atoms with Gasteiger partial charge in [0.25, 0.3) is 5.56 Å². The number of aliphatic hydroxyl groups excluding tert-OH is 2. The molecule has 0 unspecified atom stereocenters. The van der Waals surface area contributed by atoms with Gasteiger partial charge in [-0.3, -0.25) is 14.3 Å². The van der Waals surface area contributed by atoms with Gasteiger partial charge in [-0.25, -0.2) is 9.18 Å². The monoisotopic (exact) mass is 371 g/mol. The molecule has 0 amide bonds. The molecule has 9 heteroatoms. The van der Waals surface area contributed by atoms with Gasteiger partial charge >= 0.3 is 5.69 Å². The first-order valence-electron chi connectivity index (χ1n) is 5.05. The highest BCUT2D eigenvalue weighted by atomic mass is 127. The molecule has 1 fully saturated rings. The fourth-order valence-electron chi connectivity index (χ4n) is 1.73. The van der Waals surface area contributed by atoms with Crippen molar-refractivity contribution in [3.8, 4) is 0 Å². The fraction of sp³-hybridized carbons (Fsp3) is 0.556. The minimum absolute atomic E-state index is 0.185. The second kappa shape index (κ2) is 5.07. The molecule has 2 rings (SSSR count). The van der Waals surface area contributed by atoms with Crippen LogP contribution in [0.4, 0.5) is 4.39 Å². The molecule has 3 N–H and O–H groups in total. The molecule has 1 saturated heterocycles. The summed E-state index contributed by atoms with van der Waals surface area (Å²) in [7, 11) is 0. The van der Waals surface area contributed by atoms with E-state index >= 15 is 0 Å². The predicted molar refractivity (Wildman–Crippen MR) is 65.9 cm³/mol. The van der Waals surface area contributed by atoms with E-state index in [9.17, 15) is 19.1 Å². The summed E-state index contributed by atoms with van der Waals surface area (Å²) in [6, 6.07) is 0. The molecule has 1 aliphatic rings. The van der Waals surface area contributed by atoms with Crippen LogP contribution in [0.1, 0.15) is 6.23 Å². The molecule has 1 aromatic rings. The number of nitrogens with zero attached hydrogens (tertiary/aromatic N) is 1. The van der Waals surface area contributed by atoms with Crippen molar-refractivity contribution in [3.05, 3.63) is 30.6 Å². The van der Waals surface area contributed by atoms with E-state index < -0.39 is 42.5 Å². The van der Waals surface area contributed by atoms with Gasteiger partial charge in [-0.1, -0.05) is 0 Å². The minimum atomic E-state index is -1.86. The van der Waals surface area contributed by atoms with Gasteiger partial charge in [0.15, 0.2) is 12.4 Å². The van der Waals surface area contributed by atoms with Crippen LogP contribution >= 0.6 is 22.6 Å². The number of aliphatic hydroxyl groups is 2. The van der Waals surface area contributed by atoms with Gasteiger partial charge in [0, 0.05) is 6.20 Å². The van der Waals surface area contributed by atoms with Gasteiger partial charge in [0.2, 0.25) is 0 Å². The van der Waals surface area contributed by atoms with E-state index in [1.165, 1.54) is 0 Å². The topological polar surface area (TPSA) is 105 Å². The van der Waals surface area contributed by atoms with E-state index in [0.29, 0.717) is 0 Å². The van der Waals surface area contributed by atoms with Crippen LogP contribution in [0.2, 0.25) is 0 Å². The van der Waals surface area contributed by atoms with E-state index in [1.807, 2.05) is 4.98 Å². The Morgan fingerprint density at radius 3 is 2.78 bits per heavy atom. The summed E-state index contributed by atoms with van der Waals surface area (Å²) in [5.74, 6) is 0. The molecule has 0 saturated carbocycles. The average Bonchev–Trinajstić information content (AvgIpc) is 2.61. The minimum Gasteiger partial charge on any atom is -0.394 e. The Balaban J connectivity index is 2.42. The average molecular weight is 371 g/mol. The van der Waals surface area contributed by atoms with Crippen molar-refractivity contribution in [1.82, 2.24) is 9.55 Å². The summed E-state index contributed by atoms with van der Waals surface area (Å²) in [5.41, 5.74) is -1.41. The first-order valence-corrected chi connectivity index (χ1v) is 6.13. The summed E-state index contributed by atoms with van der Waals surface area (Å²) in [6.07, 6.45) is -4.69. The number of halogens is 2. The normalized spacial score (nSPS) is 31.8.